The van der Waals surface area contributed by atoms with Gasteiger partial charge in [0, 0.05) is 55.0 Å². The Bertz CT molecular complexity index is 3490. The van der Waals surface area contributed by atoms with E-state index in [-0.39, 0.29) is 0 Å². The van der Waals surface area contributed by atoms with Crippen LogP contribution >= 0.6 is 0 Å². The van der Waals surface area contributed by atoms with Gasteiger partial charge in [0.25, 0.3) is 0 Å². The first-order valence-electron chi connectivity index (χ1n) is 19.8. The molecule has 0 aliphatic rings. The maximum Gasteiger partial charge on any atom is 0.160 e. The highest BCUT2D eigenvalue weighted by Crippen LogP contribution is 2.43. The van der Waals surface area contributed by atoms with E-state index in [2.05, 4.69) is 203 Å². The second kappa shape index (κ2) is 12.9. The third-order valence-electron chi connectivity index (χ3n) is 11.7. The van der Waals surface area contributed by atoms with Gasteiger partial charge in [0.05, 0.1) is 33.5 Å². The van der Waals surface area contributed by atoms with Crippen LogP contribution in [0.25, 0.3) is 110 Å². The van der Waals surface area contributed by atoms with Crippen molar-refractivity contribution in [1.82, 2.24) is 19.1 Å². The van der Waals surface area contributed by atoms with Gasteiger partial charge in [0.15, 0.2) is 5.82 Å². The first-order valence-corrected chi connectivity index (χ1v) is 19.8. The van der Waals surface area contributed by atoms with E-state index >= 15 is 0 Å². The standard InChI is InChI=1S/C54H34N4/c1-4-15-35(16-5-1)46-34-47(36-17-6-2-7-18-36)56-54(55-46)38-19-14-22-40(33-38)57-49-26-13-11-24-45(49)52-43-29-27-37-28-30-44-41-23-10-12-25-48(41)58(39-20-8-3-9-21-39)53(44)51(37)42(43)31-32-50(52)57/h1-34H. The number of nitrogens with zero attached hydrogens (tertiary/aromatic N) is 4. The Morgan fingerprint density at radius 3 is 1.55 bits per heavy atom. The lowest BCUT2D eigenvalue weighted by molar-refractivity contribution is 1.16. The molecule has 12 rings (SSSR count). The molecule has 0 amide bonds. The summed E-state index contributed by atoms with van der Waals surface area (Å²) in [4.78, 5) is 10.3. The van der Waals surface area contributed by atoms with Gasteiger partial charge in [0.1, 0.15) is 0 Å². The van der Waals surface area contributed by atoms with Crippen LogP contribution < -0.4 is 0 Å². The summed E-state index contributed by atoms with van der Waals surface area (Å²) in [6.07, 6.45) is 0. The monoisotopic (exact) mass is 738 g/mol. The number of benzene rings is 9. The Morgan fingerprint density at radius 1 is 0.310 bits per heavy atom. The van der Waals surface area contributed by atoms with Crippen molar-refractivity contribution in [3.63, 3.8) is 0 Å². The van der Waals surface area contributed by atoms with Gasteiger partial charge in [-0.25, -0.2) is 9.97 Å². The minimum Gasteiger partial charge on any atom is -0.309 e. The highest BCUT2D eigenvalue weighted by atomic mass is 15.0. The zero-order chi connectivity index (χ0) is 38.2. The fourth-order valence-electron chi connectivity index (χ4n) is 9.14. The van der Waals surface area contributed by atoms with Gasteiger partial charge in [-0.05, 0) is 64.7 Å². The van der Waals surface area contributed by atoms with Gasteiger partial charge in [-0.2, -0.15) is 0 Å². The average Bonchev–Trinajstić information content (AvgIpc) is 3.83. The van der Waals surface area contributed by atoms with Crippen LogP contribution in [0.3, 0.4) is 0 Å². The smallest absolute Gasteiger partial charge is 0.160 e. The number of rotatable bonds is 5. The molecule has 0 atom stereocenters. The molecule has 0 saturated heterocycles. The second-order valence-electron chi connectivity index (χ2n) is 15.0. The van der Waals surface area contributed by atoms with E-state index in [0.29, 0.717) is 5.82 Å². The average molecular weight is 739 g/mol. The molecule has 3 aromatic heterocycles. The van der Waals surface area contributed by atoms with E-state index in [4.69, 9.17) is 9.97 Å². The minimum absolute atomic E-state index is 0.692. The van der Waals surface area contributed by atoms with Crippen LogP contribution in [0.15, 0.2) is 206 Å². The van der Waals surface area contributed by atoms with E-state index in [0.717, 1.165) is 50.5 Å². The predicted molar refractivity (Wildman–Crippen MR) is 242 cm³/mol. The highest BCUT2D eigenvalue weighted by molar-refractivity contribution is 6.31. The molecule has 9 aromatic carbocycles. The van der Waals surface area contributed by atoms with Gasteiger partial charge in [-0.3, -0.25) is 0 Å². The molecule has 0 radical (unpaired) electrons. The molecular weight excluding hydrogens is 705 g/mol. The van der Waals surface area contributed by atoms with E-state index in [1.54, 1.807) is 0 Å². The fourth-order valence-corrected chi connectivity index (χ4v) is 9.14. The maximum absolute atomic E-state index is 5.16. The molecule has 270 valence electrons. The molecule has 0 aliphatic heterocycles. The third kappa shape index (κ3) is 4.95. The van der Waals surface area contributed by atoms with Gasteiger partial charge < -0.3 is 9.13 Å². The fraction of sp³-hybridized carbons (Fsp3) is 0. The van der Waals surface area contributed by atoms with E-state index in [1.807, 2.05) is 12.1 Å². The SMILES string of the molecule is c1ccc(-c2cc(-c3ccccc3)nc(-c3cccc(-n4c5ccccc5c5c6ccc7ccc8c9ccccc9n(-c9ccccc9)c8c7c6ccc54)c3)n2)cc1. The normalized spacial score (nSPS) is 11.8. The number of hydrogen-bond donors (Lipinski definition) is 0. The molecule has 0 fully saturated rings. The van der Waals surface area contributed by atoms with Gasteiger partial charge in [-0.15, -0.1) is 0 Å². The number of para-hydroxylation sites is 3. The number of aromatic nitrogens is 4. The zero-order valence-electron chi connectivity index (χ0n) is 31.4. The molecule has 4 heteroatoms. The molecule has 0 N–H and O–H groups in total. The van der Waals surface area contributed by atoms with E-state index in [1.165, 1.54) is 54.1 Å². The van der Waals surface area contributed by atoms with Crippen LogP contribution in [0.2, 0.25) is 0 Å². The van der Waals surface area contributed by atoms with Crippen LogP contribution in [-0.4, -0.2) is 19.1 Å². The van der Waals surface area contributed by atoms with Crippen molar-refractivity contribution >= 4 is 65.2 Å². The van der Waals surface area contributed by atoms with Crippen molar-refractivity contribution in [2.24, 2.45) is 0 Å². The summed E-state index contributed by atoms with van der Waals surface area (Å²) >= 11 is 0. The second-order valence-corrected chi connectivity index (χ2v) is 15.0. The molecule has 0 aliphatic carbocycles. The molecular formula is C54H34N4. The Labute approximate surface area is 334 Å². The topological polar surface area (TPSA) is 35.6 Å². The zero-order valence-corrected chi connectivity index (χ0v) is 31.4. The van der Waals surface area contributed by atoms with Crippen molar-refractivity contribution in [2.45, 2.75) is 0 Å². The van der Waals surface area contributed by atoms with Crippen molar-refractivity contribution in [3.8, 4) is 45.3 Å². The maximum atomic E-state index is 5.16. The predicted octanol–water partition coefficient (Wildman–Crippen LogP) is 14.0. The van der Waals surface area contributed by atoms with Crippen LogP contribution in [0.1, 0.15) is 0 Å². The van der Waals surface area contributed by atoms with Crippen LogP contribution in [-0.2, 0) is 0 Å². The Kier molecular flexibility index (Phi) is 7.20. The van der Waals surface area contributed by atoms with Crippen molar-refractivity contribution in [3.05, 3.63) is 206 Å². The summed E-state index contributed by atoms with van der Waals surface area (Å²) in [6.45, 7) is 0. The molecule has 0 bridgehead atoms. The molecule has 58 heavy (non-hydrogen) atoms. The summed E-state index contributed by atoms with van der Waals surface area (Å²) < 4.78 is 4.85. The lowest BCUT2D eigenvalue weighted by atomic mass is 9.96. The Balaban J connectivity index is 1.11. The summed E-state index contributed by atoms with van der Waals surface area (Å²) in [5.41, 5.74) is 11.8. The van der Waals surface area contributed by atoms with Crippen LogP contribution in [0, 0.1) is 0 Å². The number of hydrogen-bond acceptors (Lipinski definition) is 2. The minimum atomic E-state index is 0.692. The van der Waals surface area contributed by atoms with Crippen LogP contribution in [0.4, 0.5) is 0 Å². The first-order chi connectivity index (χ1) is 28.8. The lowest BCUT2D eigenvalue weighted by Gasteiger charge is -2.13. The summed E-state index contributed by atoms with van der Waals surface area (Å²) in [5.74, 6) is 0.692. The molecule has 0 unspecified atom stereocenters. The molecule has 4 nitrogen and oxygen atoms in total. The quantitative estimate of drug-likeness (QED) is 0.165. The molecule has 12 aromatic rings. The van der Waals surface area contributed by atoms with Crippen LogP contribution in [0.5, 0.6) is 0 Å². The molecule has 3 heterocycles. The van der Waals surface area contributed by atoms with Gasteiger partial charge >= 0.3 is 0 Å². The first kappa shape index (κ1) is 32.4. The summed E-state index contributed by atoms with van der Waals surface area (Å²) in [6, 6.07) is 73.7. The van der Waals surface area contributed by atoms with Gasteiger partial charge in [-0.1, -0.05) is 158 Å². The Hall–Kier alpha value is -7.82. The lowest BCUT2D eigenvalue weighted by Crippen LogP contribution is -1.98. The third-order valence-corrected chi connectivity index (χ3v) is 11.7. The van der Waals surface area contributed by atoms with Crippen molar-refractivity contribution < 1.29 is 0 Å². The Morgan fingerprint density at radius 2 is 0.845 bits per heavy atom. The number of fused-ring (bicyclic) bond motifs is 11. The van der Waals surface area contributed by atoms with Gasteiger partial charge in [0.2, 0.25) is 0 Å². The largest absolute Gasteiger partial charge is 0.309 e. The van der Waals surface area contributed by atoms with E-state index < -0.39 is 0 Å². The van der Waals surface area contributed by atoms with Crippen molar-refractivity contribution in [2.75, 3.05) is 0 Å². The van der Waals surface area contributed by atoms with E-state index in [9.17, 15) is 0 Å². The molecule has 0 saturated carbocycles. The summed E-state index contributed by atoms with van der Waals surface area (Å²) in [7, 11) is 0. The molecule has 0 spiro atoms. The summed E-state index contributed by atoms with van der Waals surface area (Å²) in [5, 5.41) is 9.95. The highest BCUT2D eigenvalue weighted by Gasteiger charge is 2.20. The van der Waals surface area contributed by atoms with Crippen molar-refractivity contribution in [1.29, 1.82) is 0 Å².